The van der Waals surface area contributed by atoms with E-state index in [9.17, 15) is 10.2 Å². The number of ether oxygens (including phenoxy) is 1. The van der Waals surface area contributed by atoms with Gasteiger partial charge in [-0.15, -0.1) is 0 Å². The molecule has 170 valence electrons. The first-order valence-electron chi connectivity index (χ1n) is 12.8. The summed E-state index contributed by atoms with van der Waals surface area (Å²) >= 11 is 0. The Morgan fingerprint density at radius 1 is 1.13 bits per heavy atom. The molecule has 2 N–H and O–H groups in total. The SMILES string of the molecule is CC(C)C[C@H]1OC1[C@](C)(O)[C@H]1CC[C@H]2C3CC=C4CC(O)CCC4(C)[C@H]3CCC21C. The fraction of sp³-hybridized carbons (Fsp3) is 0.926. The predicted octanol–water partition coefficient (Wildman–Crippen LogP) is 5.49. The summed E-state index contributed by atoms with van der Waals surface area (Å²) in [6.07, 6.45) is 12.9. The molecule has 4 fully saturated rings. The van der Waals surface area contributed by atoms with Crippen LogP contribution in [0, 0.1) is 40.4 Å². The van der Waals surface area contributed by atoms with Gasteiger partial charge in [-0.2, -0.15) is 0 Å². The highest BCUT2D eigenvalue weighted by molar-refractivity contribution is 5.26. The van der Waals surface area contributed by atoms with Crippen molar-refractivity contribution in [3.63, 3.8) is 0 Å². The van der Waals surface area contributed by atoms with E-state index in [1.807, 2.05) is 0 Å². The molecule has 0 aromatic rings. The van der Waals surface area contributed by atoms with Crippen LogP contribution in [0.4, 0.5) is 0 Å². The van der Waals surface area contributed by atoms with E-state index < -0.39 is 5.60 Å². The summed E-state index contributed by atoms with van der Waals surface area (Å²) in [4.78, 5) is 0. The molecule has 3 nitrogen and oxygen atoms in total. The van der Waals surface area contributed by atoms with Gasteiger partial charge in [0, 0.05) is 0 Å². The zero-order valence-corrected chi connectivity index (χ0v) is 19.9. The summed E-state index contributed by atoms with van der Waals surface area (Å²) in [7, 11) is 0. The third kappa shape index (κ3) is 3.09. The maximum Gasteiger partial charge on any atom is 0.113 e. The average molecular weight is 417 g/mol. The van der Waals surface area contributed by atoms with E-state index >= 15 is 0 Å². The van der Waals surface area contributed by atoms with E-state index in [1.165, 1.54) is 25.7 Å². The standard InChI is InChI=1S/C27H44O3/c1-16(2)14-22-24(30-22)27(5,29)23-9-8-20-19-7-6-17-15-18(28)10-12-25(17,3)21(19)11-13-26(20,23)4/h6,16,18-24,28-29H,7-15H2,1-5H3/t18?,19?,20-,21-,22+,23-,24?,25?,26?,27+/m0/s1. The van der Waals surface area contributed by atoms with Crippen molar-refractivity contribution in [1.82, 2.24) is 0 Å². The van der Waals surface area contributed by atoms with E-state index in [2.05, 4.69) is 40.7 Å². The van der Waals surface area contributed by atoms with Gasteiger partial charge >= 0.3 is 0 Å². The first kappa shape index (κ1) is 21.5. The number of epoxide rings is 1. The van der Waals surface area contributed by atoms with Crippen molar-refractivity contribution in [3.05, 3.63) is 11.6 Å². The normalized spacial score (nSPS) is 52.1. The van der Waals surface area contributed by atoms with Crippen LogP contribution in [0.5, 0.6) is 0 Å². The molecule has 0 aromatic heterocycles. The Bertz CT molecular complexity index is 711. The number of fused-ring (bicyclic) bond motifs is 5. The minimum atomic E-state index is -0.704. The van der Waals surface area contributed by atoms with Crippen molar-refractivity contribution < 1.29 is 14.9 Å². The number of aliphatic hydroxyl groups excluding tert-OH is 1. The smallest absolute Gasteiger partial charge is 0.113 e. The lowest BCUT2D eigenvalue weighted by molar-refractivity contribution is -0.110. The summed E-state index contributed by atoms with van der Waals surface area (Å²) in [6, 6.07) is 0. The number of hydrogen-bond donors (Lipinski definition) is 2. The second kappa shape index (κ2) is 7.06. The Morgan fingerprint density at radius 3 is 2.63 bits per heavy atom. The molecule has 0 spiro atoms. The molecule has 1 aliphatic heterocycles. The van der Waals surface area contributed by atoms with Crippen LogP contribution in [-0.4, -0.2) is 34.1 Å². The fourth-order valence-corrected chi connectivity index (χ4v) is 9.10. The molecule has 0 radical (unpaired) electrons. The Balaban J connectivity index is 1.37. The van der Waals surface area contributed by atoms with Gasteiger partial charge in [0.15, 0.2) is 0 Å². The molecule has 0 aromatic carbocycles. The summed E-state index contributed by atoms with van der Waals surface area (Å²) in [5.74, 6) is 3.20. The van der Waals surface area contributed by atoms with Crippen molar-refractivity contribution in [2.45, 2.75) is 116 Å². The highest BCUT2D eigenvalue weighted by atomic mass is 16.6. The molecule has 4 aliphatic carbocycles. The molecule has 10 atom stereocenters. The Labute approximate surface area is 183 Å². The van der Waals surface area contributed by atoms with Gasteiger partial charge in [-0.1, -0.05) is 39.3 Å². The van der Waals surface area contributed by atoms with E-state index in [-0.39, 0.29) is 23.7 Å². The molecule has 5 unspecified atom stereocenters. The Morgan fingerprint density at radius 2 is 1.90 bits per heavy atom. The minimum absolute atomic E-state index is 0.0356. The highest BCUT2D eigenvalue weighted by Crippen LogP contribution is 2.68. The third-order valence-electron chi connectivity index (χ3n) is 10.6. The summed E-state index contributed by atoms with van der Waals surface area (Å²) < 4.78 is 6.05. The lowest BCUT2D eigenvalue weighted by atomic mass is 9.46. The van der Waals surface area contributed by atoms with Gasteiger partial charge in [-0.3, -0.25) is 0 Å². The van der Waals surface area contributed by atoms with E-state index in [4.69, 9.17) is 4.74 Å². The zero-order valence-electron chi connectivity index (χ0n) is 19.9. The second-order valence-corrected chi connectivity index (χ2v) is 12.8. The van der Waals surface area contributed by atoms with Crippen LogP contribution in [-0.2, 0) is 4.74 Å². The van der Waals surface area contributed by atoms with Crippen LogP contribution in [0.15, 0.2) is 11.6 Å². The first-order chi connectivity index (χ1) is 14.1. The van der Waals surface area contributed by atoms with Crippen molar-refractivity contribution in [2.24, 2.45) is 40.4 Å². The van der Waals surface area contributed by atoms with Crippen molar-refractivity contribution >= 4 is 0 Å². The maximum atomic E-state index is 11.7. The van der Waals surface area contributed by atoms with Gasteiger partial charge in [0.1, 0.15) is 6.10 Å². The van der Waals surface area contributed by atoms with Crippen molar-refractivity contribution in [2.75, 3.05) is 0 Å². The van der Waals surface area contributed by atoms with E-state index in [0.29, 0.717) is 17.3 Å². The van der Waals surface area contributed by atoms with Crippen LogP contribution < -0.4 is 0 Å². The number of allylic oxidation sites excluding steroid dienone is 1. The van der Waals surface area contributed by atoms with Gasteiger partial charge in [-0.25, -0.2) is 0 Å². The summed E-state index contributed by atoms with van der Waals surface area (Å²) in [5.41, 5.74) is 1.38. The monoisotopic (exact) mass is 416 g/mol. The van der Waals surface area contributed by atoms with Gasteiger partial charge in [0.05, 0.1) is 17.8 Å². The van der Waals surface area contributed by atoms with Gasteiger partial charge in [-0.05, 0) is 105 Å². The molecule has 1 heterocycles. The van der Waals surface area contributed by atoms with Gasteiger partial charge < -0.3 is 14.9 Å². The maximum absolute atomic E-state index is 11.7. The molecule has 30 heavy (non-hydrogen) atoms. The van der Waals surface area contributed by atoms with Crippen LogP contribution >= 0.6 is 0 Å². The first-order valence-corrected chi connectivity index (χ1v) is 12.8. The lowest BCUT2D eigenvalue weighted by Crippen LogP contribution is -2.54. The van der Waals surface area contributed by atoms with Crippen molar-refractivity contribution in [3.8, 4) is 0 Å². The minimum Gasteiger partial charge on any atom is -0.393 e. The highest BCUT2D eigenvalue weighted by Gasteiger charge is 2.65. The molecule has 5 rings (SSSR count). The van der Waals surface area contributed by atoms with Crippen LogP contribution in [0.2, 0.25) is 0 Å². The topological polar surface area (TPSA) is 53.0 Å². The number of rotatable bonds is 4. The van der Waals surface area contributed by atoms with E-state index in [1.54, 1.807) is 5.57 Å². The summed E-state index contributed by atoms with van der Waals surface area (Å²) in [5, 5.41) is 22.0. The predicted molar refractivity (Wildman–Crippen MR) is 120 cm³/mol. The second-order valence-electron chi connectivity index (χ2n) is 12.8. The average Bonchev–Trinajstić information content (AvgIpc) is 3.33. The van der Waals surface area contributed by atoms with Crippen molar-refractivity contribution in [1.29, 1.82) is 0 Å². The molecular weight excluding hydrogens is 372 g/mol. The molecule has 0 amide bonds. The fourth-order valence-electron chi connectivity index (χ4n) is 9.10. The molecule has 0 bridgehead atoms. The molecule has 3 saturated carbocycles. The third-order valence-corrected chi connectivity index (χ3v) is 10.6. The Hall–Kier alpha value is -0.380. The van der Waals surface area contributed by atoms with Crippen LogP contribution in [0.25, 0.3) is 0 Å². The lowest BCUT2D eigenvalue weighted by Gasteiger charge is -2.58. The van der Waals surface area contributed by atoms with Gasteiger partial charge in [0.25, 0.3) is 0 Å². The molecular formula is C27H44O3. The van der Waals surface area contributed by atoms with Crippen LogP contribution in [0.3, 0.4) is 0 Å². The van der Waals surface area contributed by atoms with Crippen LogP contribution in [0.1, 0.15) is 92.4 Å². The van der Waals surface area contributed by atoms with E-state index in [0.717, 1.165) is 49.9 Å². The van der Waals surface area contributed by atoms with Gasteiger partial charge in [0.2, 0.25) is 0 Å². The molecule has 3 heteroatoms. The zero-order chi connectivity index (χ0) is 21.5. The number of aliphatic hydroxyl groups is 2. The molecule has 1 saturated heterocycles. The Kier molecular flexibility index (Phi) is 5.05. The number of hydrogen-bond acceptors (Lipinski definition) is 3. The molecule has 5 aliphatic rings. The quantitative estimate of drug-likeness (QED) is 0.470. The largest absolute Gasteiger partial charge is 0.393 e. The summed E-state index contributed by atoms with van der Waals surface area (Å²) in [6.45, 7) is 11.6.